The number of nitrogens with one attached hydrogen (secondary N) is 2. The summed E-state index contributed by atoms with van der Waals surface area (Å²) in [5.41, 5.74) is 1.25. The van der Waals surface area contributed by atoms with Crippen LogP contribution in [0.25, 0.3) is 0 Å². The molecule has 1 saturated carbocycles. The third-order valence-corrected chi connectivity index (χ3v) is 5.90. The quantitative estimate of drug-likeness (QED) is 0.640. The molecule has 2 unspecified atom stereocenters. The van der Waals surface area contributed by atoms with Gasteiger partial charge in [0.1, 0.15) is 11.4 Å². The van der Waals surface area contributed by atoms with E-state index in [1.807, 2.05) is 0 Å². The van der Waals surface area contributed by atoms with Crippen molar-refractivity contribution in [2.75, 3.05) is 26.3 Å². The topological polar surface area (TPSA) is 54.9 Å². The Hall–Kier alpha value is -1.75. The van der Waals surface area contributed by atoms with Gasteiger partial charge in [-0.05, 0) is 45.1 Å². The number of benzene rings is 1. The van der Waals surface area contributed by atoms with Crippen LogP contribution >= 0.6 is 0 Å². The van der Waals surface area contributed by atoms with Crippen LogP contribution in [0.3, 0.4) is 0 Å². The zero-order chi connectivity index (χ0) is 17.8. The summed E-state index contributed by atoms with van der Waals surface area (Å²) in [7, 11) is 0. The van der Waals surface area contributed by atoms with Gasteiger partial charge < -0.3 is 20.1 Å². The van der Waals surface area contributed by atoms with Gasteiger partial charge in [-0.15, -0.1) is 0 Å². The Morgan fingerprint density at radius 1 is 1.27 bits per heavy atom. The first-order chi connectivity index (χ1) is 12.8. The fraction of sp³-hybridized carbons (Fsp3) is 0.667. The smallest absolute Gasteiger partial charge is 0.191 e. The highest BCUT2D eigenvalue weighted by Gasteiger charge is 2.43. The molecule has 1 aromatic carbocycles. The van der Waals surface area contributed by atoms with E-state index in [0.717, 1.165) is 63.7 Å². The molecule has 1 spiro atoms. The molecule has 1 aromatic rings. The van der Waals surface area contributed by atoms with Gasteiger partial charge in [-0.1, -0.05) is 18.2 Å². The molecule has 1 aliphatic carbocycles. The van der Waals surface area contributed by atoms with E-state index in [1.165, 1.54) is 18.4 Å². The SMILES string of the molecule is CCNC(=NCC1CCOC1)NC1CC2(CCCC2)Oc2ccccc21. The number of hydrogen-bond donors (Lipinski definition) is 2. The first-order valence-corrected chi connectivity index (χ1v) is 10.2. The Kier molecular flexibility index (Phi) is 5.34. The van der Waals surface area contributed by atoms with Crippen molar-refractivity contribution in [2.24, 2.45) is 10.9 Å². The normalized spacial score (nSPS) is 27.2. The van der Waals surface area contributed by atoms with Crippen LogP contribution in [0.15, 0.2) is 29.3 Å². The van der Waals surface area contributed by atoms with Gasteiger partial charge >= 0.3 is 0 Å². The zero-order valence-corrected chi connectivity index (χ0v) is 15.8. The van der Waals surface area contributed by atoms with Crippen molar-refractivity contribution < 1.29 is 9.47 Å². The van der Waals surface area contributed by atoms with E-state index < -0.39 is 0 Å². The average molecular weight is 357 g/mol. The van der Waals surface area contributed by atoms with Crippen LogP contribution in [0.4, 0.5) is 0 Å². The number of guanidine groups is 1. The lowest BCUT2D eigenvalue weighted by Gasteiger charge is -2.40. The second-order valence-electron chi connectivity index (χ2n) is 7.88. The molecule has 26 heavy (non-hydrogen) atoms. The maximum absolute atomic E-state index is 6.48. The molecule has 142 valence electrons. The Labute approximate surface area is 156 Å². The Morgan fingerprint density at radius 2 is 2.12 bits per heavy atom. The fourth-order valence-electron chi connectivity index (χ4n) is 4.51. The summed E-state index contributed by atoms with van der Waals surface area (Å²) in [5, 5.41) is 7.13. The van der Waals surface area contributed by atoms with E-state index in [1.54, 1.807) is 0 Å². The predicted octanol–water partition coefficient (Wildman–Crippen LogP) is 3.41. The molecule has 0 amide bonds. The lowest BCUT2D eigenvalue weighted by Crippen LogP contribution is -2.46. The van der Waals surface area contributed by atoms with Crippen LogP contribution in [0.1, 0.15) is 57.1 Å². The highest BCUT2D eigenvalue weighted by molar-refractivity contribution is 5.80. The molecule has 0 radical (unpaired) electrons. The minimum Gasteiger partial charge on any atom is -0.487 e. The Morgan fingerprint density at radius 3 is 2.88 bits per heavy atom. The fourth-order valence-corrected chi connectivity index (χ4v) is 4.51. The second kappa shape index (κ2) is 7.87. The zero-order valence-electron chi connectivity index (χ0n) is 15.8. The summed E-state index contributed by atoms with van der Waals surface area (Å²) in [5.74, 6) is 2.50. The van der Waals surface area contributed by atoms with E-state index in [-0.39, 0.29) is 11.6 Å². The van der Waals surface area contributed by atoms with E-state index in [0.29, 0.717) is 5.92 Å². The Bertz CT molecular complexity index is 634. The van der Waals surface area contributed by atoms with E-state index in [4.69, 9.17) is 14.5 Å². The number of para-hydroxylation sites is 1. The highest BCUT2D eigenvalue weighted by Crippen LogP contribution is 2.46. The Balaban J connectivity index is 1.52. The number of hydrogen-bond acceptors (Lipinski definition) is 3. The lowest BCUT2D eigenvalue weighted by atomic mass is 9.86. The third-order valence-electron chi connectivity index (χ3n) is 5.90. The van der Waals surface area contributed by atoms with Gasteiger partial charge in [0.2, 0.25) is 0 Å². The maximum Gasteiger partial charge on any atom is 0.191 e. The summed E-state index contributed by atoms with van der Waals surface area (Å²) in [6.07, 6.45) is 6.99. The molecule has 5 nitrogen and oxygen atoms in total. The monoisotopic (exact) mass is 357 g/mol. The van der Waals surface area contributed by atoms with Gasteiger partial charge in [0.05, 0.1) is 12.6 Å². The summed E-state index contributed by atoms with van der Waals surface area (Å²) in [6.45, 7) is 5.52. The molecule has 0 bridgehead atoms. The van der Waals surface area contributed by atoms with Crippen molar-refractivity contribution in [3.63, 3.8) is 0 Å². The van der Waals surface area contributed by atoms with Crippen LogP contribution in [-0.2, 0) is 4.74 Å². The van der Waals surface area contributed by atoms with E-state index >= 15 is 0 Å². The molecular weight excluding hydrogens is 326 g/mol. The van der Waals surface area contributed by atoms with Crippen LogP contribution in [0.2, 0.25) is 0 Å². The summed E-state index contributed by atoms with van der Waals surface area (Å²) >= 11 is 0. The molecule has 2 heterocycles. The molecule has 2 fully saturated rings. The van der Waals surface area contributed by atoms with Crippen molar-refractivity contribution in [3.05, 3.63) is 29.8 Å². The molecule has 0 aromatic heterocycles. The summed E-state index contributed by atoms with van der Waals surface area (Å²) in [4.78, 5) is 4.85. The molecule has 2 N–H and O–H groups in total. The largest absolute Gasteiger partial charge is 0.487 e. The third kappa shape index (κ3) is 3.83. The van der Waals surface area contributed by atoms with Crippen LogP contribution in [0.5, 0.6) is 5.75 Å². The van der Waals surface area contributed by atoms with Gasteiger partial charge in [-0.2, -0.15) is 0 Å². The maximum atomic E-state index is 6.48. The lowest BCUT2D eigenvalue weighted by molar-refractivity contribution is 0.0396. The first-order valence-electron chi connectivity index (χ1n) is 10.2. The average Bonchev–Trinajstić information content (AvgIpc) is 3.32. The van der Waals surface area contributed by atoms with Crippen molar-refractivity contribution in [1.29, 1.82) is 0 Å². The molecular formula is C21H31N3O2. The van der Waals surface area contributed by atoms with E-state index in [9.17, 15) is 0 Å². The minimum atomic E-state index is 0.00262. The first kappa shape index (κ1) is 17.7. The summed E-state index contributed by atoms with van der Waals surface area (Å²) in [6, 6.07) is 8.72. The van der Waals surface area contributed by atoms with Crippen LogP contribution in [-0.4, -0.2) is 37.9 Å². The molecule has 2 aliphatic heterocycles. The van der Waals surface area contributed by atoms with Crippen molar-refractivity contribution >= 4 is 5.96 Å². The van der Waals surface area contributed by atoms with Gasteiger partial charge in [0.25, 0.3) is 0 Å². The van der Waals surface area contributed by atoms with Crippen molar-refractivity contribution in [3.8, 4) is 5.75 Å². The van der Waals surface area contributed by atoms with Crippen molar-refractivity contribution in [1.82, 2.24) is 10.6 Å². The predicted molar refractivity (Wildman–Crippen MR) is 104 cm³/mol. The van der Waals surface area contributed by atoms with E-state index in [2.05, 4.69) is 41.8 Å². The number of ether oxygens (including phenoxy) is 2. The van der Waals surface area contributed by atoms with Gasteiger partial charge in [0, 0.05) is 37.6 Å². The number of nitrogens with zero attached hydrogens (tertiary/aromatic N) is 1. The molecule has 5 heteroatoms. The standard InChI is InChI=1S/C21H31N3O2/c1-2-22-20(23-14-16-9-12-25-15-16)24-18-13-21(10-5-6-11-21)26-19-8-4-3-7-17(18)19/h3-4,7-8,16,18H,2,5-6,9-15H2,1H3,(H2,22,23,24). The number of rotatable bonds is 4. The number of aliphatic imine (C=N–C) groups is 1. The second-order valence-corrected chi connectivity index (χ2v) is 7.88. The summed E-state index contributed by atoms with van der Waals surface area (Å²) < 4.78 is 12.0. The van der Waals surface area contributed by atoms with Gasteiger partial charge in [-0.25, -0.2) is 0 Å². The minimum absolute atomic E-state index is 0.00262. The molecule has 4 rings (SSSR count). The molecule has 3 aliphatic rings. The van der Waals surface area contributed by atoms with Crippen LogP contribution in [0, 0.1) is 5.92 Å². The van der Waals surface area contributed by atoms with Crippen LogP contribution < -0.4 is 15.4 Å². The highest BCUT2D eigenvalue weighted by atomic mass is 16.5. The van der Waals surface area contributed by atoms with Gasteiger partial charge in [0.15, 0.2) is 5.96 Å². The molecule has 2 atom stereocenters. The van der Waals surface area contributed by atoms with Crippen molar-refractivity contribution in [2.45, 2.75) is 57.1 Å². The number of fused-ring (bicyclic) bond motifs is 1. The van der Waals surface area contributed by atoms with Gasteiger partial charge in [-0.3, -0.25) is 4.99 Å². The molecule has 1 saturated heterocycles.